The topological polar surface area (TPSA) is 105 Å². The van der Waals surface area contributed by atoms with Crippen molar-refractivity contribution < 1.29 is 18.2 Å². The van der Waals surface area contributed by atoms with E-state index < -0.39 is 15.1 Å². The Morgan fingerprint density at radius 3 is 2.62 bits per heavy atom. The summed E-state index contributed by atoms with van der Waals surface area (Å²) in [5.74, 6) is 0.101. The fraction of sp³-hybridized carbons (Fsp3) is 0.909. The van der Waals surface area contributed by atoms with Gasteiger partial charge in [-0.2, -0.15) is 0 Å². The van der Waals surface area contributed by atoms with E-state index in [0.717, 1.165) is 17.0 Å². The third kappa shape index (κ3) is 3.82. The lowest BCUT2D eigenvalue weighted by Gasteiger charge is -2.22. The first-order valence-corrected chi connectivity index (χ1v) is 8.53. The van der Waals surface area contributed by atoms with Gasteiger partial charge in [-0.05, 0) is 20.3 Å². The summed E-state index contributed by atoms with van der Waals surface area (Å²) in [7, 11) is -3.56. The molecule has 0 aliphatic carbocycles. The molecule has 120 valence electrons. The van der Waals surface area contributed by atoms with Gasteiger partial charge in [0.25, 0.3) is 5.96 Å². The van der Waals surface area contributed by atoms with E-state index in [1.54, 1.807) is 4.90 Å². The normalized spacial score (nSPS) is 27.6. The average Bonchev–Trinajstić information content (AvgIpc) is 2.82. The average molecular weight is 320 g/mol. The van der Waals surface area contributed by atoms with Crippen LogP contribution in [0.4, 0.5) is 0 Å². The minimum atomic E-state index is -3.56. The van der Waals surface area contributed by atoms with Gasteiger partial charge in [0.05, 0.1) is 25.0 Å². The van der Waals surface area contributed by atoms with Gasteiger partial charge in [0.1, 0.15) is 5.10 Å². The summed E-state index contributed by atoms with van der Waals surface area (Å²) in [5.41, 5.74) is -0.207. The van der Waals surface area contributed by atoms with Crippen LogP contribution in [-0.2, 0) is 14.8 Å². The largest absolute Gasteiger partial charge is 0.375 e. The molecule has 0 radical (unpaired) electrons. The summed E-state index contributed by atoms with van der Waals surface area (Å²) in [6.07, 6.45) is 1.85. The number of nitrogens with zero attached hydrogens (tertiary/aromatic N) is 4. The highest BCUT2D eigenvalue weighted by atomic mass is 32.2. The van der Waals surface area contributed by atoms with Crippen LogP contribution in [0.5, 0.6) is 0 Å². The molecule has 0 N–H and O–H groups in total. The molecule has 0 aromatic heterocycles. The minimum Gasteiger partial charge on any atom is -0.375 e. The Kier molecular flexibility index (Phi) is 4.11. The first-order chi connectivity index (χ1) is 9.58. The Balaban J connectivity index is 2.14. The fourth-order valence-electron chi connectivity index (χ4n) is 2.83. The molecule has 2 fully saturated rings. The molecule has 9 nitrogen and oxygen atoms in total. The minimum absolute atomic E-state index is 0.104. The summed E-state index contributed by atoms with van der Waals surface area (Å²) >= 11 is 0. The van der Waals surface area contributed by atoms with Crippen molar-refractivity contribution in [3.05, 3.63) is 10.1 Å². The van der Waals surface area contributed by atoms with Crippen LogP contribution in [0, 0.1) is 16.0 Å². The van der Waals surface area contributed by atoms with Crippen molar-refractivity contribution in [2.45, 2.75) is 25.9 Å². The second kappa shape index (κ2) is 5.41. The van der Waals surface area contributed by atoms with Crippen LogP contribution in [0.15, 0.2) is 5.10 Å². The van der Waals surface area contributed by atoms with E-state index in [1.807, 2.05) is 13.8 Å². The van der Waals surface area contributed by atoms with Gasteiger partial charge >= 0.3 is 0 Å². The zero-order chi connectivity index (χ0) is 15.8. The molecule has 0 aromatic carbocycles. The Hall–Kier alpha value is -1.42. The molecular weight excluding hydrogens is 300 g/mol. The zero-order valence-electron chi connectivity index (χ0n) is 12.4. The maximum absolute atomic E-state index is 11.7. The van der Waals surface area contributed by atoms with Gasteiger partial charge in [0.2, 0.25) is 10.0 Å². The molecule has 10 heteroatoms. The Bertz CT molecular complexity index is 559. The molecular formula is C11H20N4O5S. The molecule has 0 spiro atoms. The number of hydrazone groups is 1. The maximum Gasteiger partial charge on any atom is 0.287 e. The van der Waals surface area contributed by atoms with Crippen LogP contribution < -0.4 is 0 Å². The highest BCUT2D eigenvalue weighted by Crippen LogP contribution is 2.30. The van der Waals surface area contributed by atoms with Crippen molar-refractivity contribution in [2.24, 2.45) is 11.0 Å². The van der Waals surface area contributed by atoms with Crippen molar-refractivity contribution in [3.63, 3.8) is 0 Å². The maximum atomic E-state index is 11.7. The Morgan fingerprint density at radius 2 is 2.14 bits per heavy atom. The number of hydrogen-bond donors (Lipinski definition) is 0. The molecule has 0 aromatic rings. The number of sulfonamides is 1. The van der Waals surface area contributed by atoms with Crippen molar-refractivity contribution in [1.29, 1.82) is 0 Å². The Morgan fingerprint density at radius 1 is 1.48 bits per heavy atom. The molecule has 0 bridgehead atoms. The quantitative estimate of drug-likeness (QED) is 0.530. The highest BCUT2D eigenvalue weighted by molar-refractivity contribution is 7.88. The van der Waals surface area contributed by atoms with Crippen LogP contribution >= 0.6 is 0 Å². The van der Waals surface area contributed by atoms with Crippen LogP contribution in [0.2, 0.25) is 0 Å². The first kappa shape index (κ1) is 16.0. The number of nitro groups is 1. The summed E-state index contributed by atoms with van der Waals surface area (Å²) in [6.45, 7) is 5.63. The van der Waals surface area contributed by atoms with Crippen molar-refractivity contribution in [1.82, 2.24) is 9.21 Å². The summed E-state index contributed by atoms with van der Waals surface area (Å²) in [5, 5.41) is 13.1. The summed E-state index contributed by atoms with van der Waals surface area (Å²) in [4.78, 5) is 12.3. The number of guanidine groups is 1. The monoisotopic (exact) mass is 320 g/mol. The van der Waals surface area contributed by atoms with Gasteiger partial charge in [-0.1, -0.05) is 0 Å². The lowest BCUT2D eigenvalue weighted by molar-refractivity contribution is -0.486. The van der Waals surface area contributed by atoms with Crippen molar-refractivity contribution in [2.75, 3.05) is 32.5 Å². The van der Waals surface area contributed by atoms with Crippen LogP contribution in [-0.4, -0.2) is 66.7 Å². The predicted octanol–water partition coefficient (Wildman–Crippen LogP) is -0.0736. The molecule has 1 unspecified atom stereocenters. The van der Waals surface area contributed by atoms with E-state index >= 15 is 0 Å². The molecule has 2 saturated heterocycles. The van der Waals surface area contributed by atoms with Crippen molar-refractivity contribution in [3.8, 4) is 0 Å². The van der Waals surface area contributed by atoms with Gasteiger partial charge in [-0.25, -0.2) is 22.8 Å². The van der Waals surface area contributed by atoms with E-state index in [1.165, 1.54) is 0 Å². The van der Waals surface area contributed by atoms with E-state index in [2.05, 4.69) is 5.10 Å². The molecule has 2 aliphatic heterocycles. The van der Waals surface area contributed by atoms with Crippen LogP contribution in [0.3, 0.4) is 0 Å². The van der Waals surface area contributed by atoms with Gasteiger partial charge in [0.15, 0.2) is 5.03 Å². The predicted molar refractivity (Wildman–Crippen MR) is 75.7 cm³/mol. The third-order valence-corrected chi connectivity index (χ3v) is 4.77. The second-order valence-electron chi connectivity index (χ2n) is 6.06. The smallest absolute Gasteiger partial charge is 0.287 e. The second-order valence-corrected chi connectivity index (χ2v) is 7.97. The summed E-state index contributed by atoms with van der Waals surface area (Å²) < 4.78 is 30.0. The number of hydrogen-bond acceptors (Lipinski definition) is 5. The molecule has 0 amide bonds. The molecule has 21 heavy (non-hydrogen) atoms. The van der Waals surface area contributed by atoms with Crippen molar-refractivity contribution >= 4 is 16.0 Å². The van der Waals surface area contributed by atoms with Crippen LogP contribution in [0.1, 0.15) is 20.3 Å². The zero-order valence-corrected chi connectivity index (χ0v) is 13.2. The fourth-order valence-corrected chi connectivity index (χ4v) is 3.69. The molecule has 2 rings (SSSR count). The third-order valence-electron chi connectivity index (χ3n) is 3.62. The highest BCUT2D eigenvalue weighted by Gasteiger charge is 2.39. The van der Waals surface area contributed by atoms with E-state index in [-0.39, 0.29) is 24.0 Å². The number of rotatable bonds is 4. The van der Waals surface area contributed by atoms with E-state index in [4.69, 9.17) is 4.74 Å². The standard InChI is InChI=1S/C11H20N4O5S/c1-11(2)6-9(8-20-11)7-13-4-5-14(21(3,18)19)10(13)12-15(16)17/h9H,4-8H2,1-3H3. The lowest BCUT2D eigenvalue weighted by atomic mass is 9.97. The summed E-state index contributed by atoms with van der Waals surface area (Å²) in [6, 6.07) is 0. The molecule has 1 atom stereocenters. The molecule has 0 saturated carbocycles. The van der Waals surface area contributed by atoms with E-state index in [0.29, 0.717) is 19.7 Å². The molecule has 2 heterocycles. The van der Waals surface area contributed by atoms with E-state index in [9.17, 15) is 18.5 Å². The molecule has 2 aliphatic rings. The Labute approximate surface area is 123 Å². The van der Waals surface area contributed by atoms with Gasteiger partial charge in [-0.15, -0.1) is 0 Å². The number of ether oxygens (including phenoxy) is 1. The van der Waals surface area contributed by atoms with Gasteiger partial charge in [-0.3, -0.25) is 0 Å². The van der Waals surface area contributed by atoms with Gasteiger partial charge < -0.3 is 9.64 Å². The SMILES string of the molecule is CC1(C)CC(CN2CCN(S(C)(=O)=O)C2=N[N+](=O)[O-])CO1. The first-order valence-electron chi connectivity index (χ1n) is 6.68. The van der Waals surface area contributed by atoms with Gasteiger partial charge in [0, 0.05) is 19.0 Å². The van der Waals surface area contributed by atoms with Crippen LogP contribution in [0.25, 0.3) is 0 Å². The lowest BCUT2D eigenvalue weighted by Crippen LogP contribution is -2.39.